The predicted octanol–water partition coefficient (Wildman–Crippen LogP) is 3.16. The highest BCUT2D eigenvalue weighted by Crippen LogP contribution is 2.32. The number of carbonyl (C=O) groups is 1. The summed E-state index contributed by atoms with van der Waals surface area (Å²) in [7, 11) is 3.06. The lowest BCUT2D eigenvalue weighted by Crippen LogP contribution is -2.44. The van der Waals surface area contributed by atoms with Crippen LogP contribution in [0, 0.1) is 23.7 Å². The highest BCUT2D eigenvalue weighted by atomic mass is 16.5. The number of hydrogen-bond acceptors (Lipinski definition) is 6. The lowest BCUT2D eigenvalue weighted by atomic mass is 9.97. The molecule has 0 aromatic heterocycles. The van der Waals surface area contributed by atoms with Crippen molar-refractivity contribution in [3.63, 3.8) is 0 Å². The highest BCUT2D eigenvalue weighted by Gasteiger charge is 2.34. The molecule has 0 radical (unpaired) electrons. The third-order valence-corrected chi connectivity index (χ3v) is 4.58. The molecule has 29 heavy (non-hydrogen) atoms. The van der Waals surface area contributed by atoms with Gasteiger partial charge in [-0.2, -0.15) is 5.26 Å². The van der Waals surface area contributed by atoms with E-state index in [0.717, 1.165) is 5.56 Å². The van der Waals surface area contributed by atoms with Gasteiger partial charge in [0.05, 0.1) is 25.6 Å². The molecule has 0 unspecified atom stereocenters. The first-order chi connectivity index (χ1) is 13.9. The third-order valence-electron chi connectivity index (χ3n) is 4.58. The second-order valence-corrected chi connectivity index (χ2v) is 6.40. The number of ether oxygens (including phenoxy) is 2. The number of nitrogens with two attached hydrogens (primary N) is 1. The van der Waals surface area contributed by atoms with E-state index >= 15 is 0 Å². The van der Waals surface area contributed by atoms with Crippen molar-refractivity contribution in [3.05, 3.63) is 70.4 Å². The molecule has 0 atom stereocenters. The van der Waals surface area contributed by atoms with Crippen molar-refractivity contribution in [2.45, 2.75) is 6.92 Å². The zero-order valence-corrected chi connectivity index (χ0v) is 16.3. The smallest absolute Gasteiger partial charge is 0.276 e. The van der Waals surface area contributed by atoms with Gasteiger partial charge >= 0.3 is 0 Å². The number of hydrogen-bond donors (Lipinski definition) is 2. The molecule has 0 fully saturated rings. The predicted molar refractivity (Wildman–Crippen MR) is 111 cm³/mol. The first-order valence-corrected chi connectivity index (χ1v) is 8.75. The van der Waals surface area contributed by atoms with Crippen molar-refractivity contribution in [2.75, 3.05) is 19.1 Å². The Morgan fingerprint density at radius 2 is 1.76 bits per heavy atom. The minimum absolute atomic E-state index is 0.0272. The van der Waals surface area contributed by atoms with Crippen LogP contribution in [0.5, 0.6) is 11.5 Å². The van der Waals surface area contributed by atoms with Gasteiger partial charge in [0.25, 0.3) is 5.91 Å². The largest absolute Gasteiger partial charge is 0.493 e. The minimum Gasteiger partial charge on any atom is -0.493 e. The fourth-order valence-corrected chi connectivity index (χ4v) is 3.01. The number of methoxy groups -OCH3 is 2. The SMILES string of the molecule is COc1ccc(/C=C2/C(=N)N(c3ccc(C)cc3)C(=O)C(C#N)=C2N)cc1OC. The Labute approximate surface area is 168 Å². The average molecular weight is 388 g/mol. The van der Waals surface area contributed by atoms with Crippen molar-refractivity contribution in [1.29, 1.82) is 10.7 Å². The van der Waals surface area contributed by atoms with Crippen LogP contribution in [0.25, 0.3) is 6.08 Å². The summed E-state index contributed by atoms with van der Waals surface area (Å²) < 4.78 is 10.6. The maximum Gasteiger partial charge on any atom is 0.276 e. The van der Waals surface area contributed by atoms with Crippen LogP contribution in [-0.2, 0) is 4.79 Å². The number of amidine groups is 1. The summed E-state index contributed by atoms with van der Waals surface area (Å²) >= 11 is 0. The number of rotatable bonds is 4. The normalized spacial score (nSPS) is 15.5. The number of nitrogens with one attached hydrogen (secondary N) is 1. The van der Waals surface area contributed by atoms with Crippen LogP contribution in [-0.4, -0.2) is 26.0 Å². The van der Waals surface area contributed by atoms with E-state index in [4.69, 9.17) is 20.6 Å². The van der Waals surface area contributed by atoms with Gasteiger partial charge in [-0.1, -0.05) is 23.8 Å². The fourth-order valence-electron chi connectivity index (χ4n) is 3.01. The molecule has 7 heteroatoms. The fraction of sp³-hybridized carbons (Fsp3) is 0.136. The monoisotopic (exact) mass is 388 g/mol. The molecule has 0 aliphatic carbocycles. The second-order valence-electron chi connectivity index (χ2n) is 6.40. The first-order valence-electron chi connectivity index (χ1n) is 8.75. The molecule has 0 spiro atoms. The van der Waals surface area contributed by atoms with Gasteiger partial charge in [0, 0.05) is 5.57 Å². The summed E-state index contributed by atoms with van der Waals surface area (Å²) in [6.45, 7) is 1.92. The van der Waals surface area contributed by atoms with Crippen molar-refractivity contribution >= 4 is 23.5 Å². The molecular weight excluding hydrogens is 368 g/mol. The van der Waals surface area contributed by atoms with Crippen LogP contribution < -0.4 is 20.1 Å². The molecule has 2 aromatic rings. The number of amides is 1. The molecule has 7 nitrogen and oxygen atoms in total. The number of nitriles is 1. The lowest BCUT2D eigenvalue weighted by Gasteiger charge is -2.29. The molecule has 0 bridgehead atoms. The number of carbonyl (C=O) groups excluding carboxylic acids is 1. The maximum absolute atomic E-state index is 12.8. The molecule has 1 amide bonds. The van der Waals surface area contributed by atoms with E-state index in [9.17, 15) is 10.1 Å². The minimum atomic E-state index is -0.622. The highest BCUT2D eigenvalue weighted by molar-refractivity contribution is 6.33. The molecule has 3 rings (SSSR count). The molecule has 3 N–H and O–H groups in total. The van der Waals surface area contributed by atoms with Crippen LogP contribution in [0.3, 0.4) is 0 Å². The van der Waals surface area contributed by atoms with Crippen LogP contribution >= 0.6 is 0 Å². The number of nitrogens with zero attached hydrogens (tertiary/aromatic N) is 2. The summed E-state index contributed by atoms with van der Waals surface area (Å²) in [4.78, 5) is 14.0. The maximum atomic E-state index is 12.8. The van der Waals surface area contributed by atoms with E-state index in [2.05, 4.69) is 0 Å². The summed E-state index contributed by atoms with van der Waals surface area (Å²) in [5.74, 6) is 0.346. The van der Waals surface area contributed by atoms with Gasteiger partial charge in [-0.3, -0.25) is 15.1 Å². The van der Waals surface area contributed by atoms with Gasteiger partial charge in [0.15, 0.2) is 11.5 Å². The van der Waals surface area contributed by atoms with E-state index in [0.29, 0.717) is 22.7 Å². The summed E-state index contributed by atoms with van der Waals surface area (Å²) in [6, 6.07) is 14.2. The Kier molecular flexibility index (Phi) is 5.37. The van der Waals surface area contributed by atoms with Crippen molar-refractivity contribution in [3.8, 4) is 17.6 Å². The second kappa shape index (κ2) is 7.90. The van der Waals surface area contributed by atoms with E-state index in [1.165, 1.54) is 19.1 Å². The summed E-state index contributed by atoms with van der Waals surface area (Å²) in [5, 5.41) is 18.1. The lowest BCUT2D eigenvalue weighted by molar-refractivity contribution is -0.114. The van der Waals surface area contributed by atoms with E-state index < -0.39 is 5.91 Å². The van der Waals surface area contributed by atoms with Crippen LogP contribution in [0.2, 0.25) is 0 Å². The molecule has 1 aliphatic heterocycles. The van der Waals surface area contributed by atoms with E-state index in [-0.39, 0.29) is 22.7 Å². The van der Waals surface area contributed by atoms with E-state index in [1.54, 1.807) is 36.4 Å². The molecule has 2 aromatic carbocycles. The molecule has 1 aliphatic rings. The van der Waals surface area contributed by atoms with Crippen molar-refractivity contribution < 1.29 is 14.3 Å². The zero-order valence-electron chi connectivity index (χ0n) is 16.3. The molecule has 0 saturated carbocycles. The summed E-state index contributed by atoms with van der Waals surface area (Å²) in [6.07, 6.45) is 1.64. The van der Waals surface area contributed by atoms with Crippen LogP contribution in [0.4, 0.5) is 5.69 Å². The Balaban J connectivity index is 2.14. The Bertz CT molecular complexity index is 1090. The van der Waals surface area contributed by atoms with Crippen LogP contribution in [0.15, 0.2) is 59.3 Å². The molecule has 0 saturated heterocycles. The summed E-state index contributed by atoms with van der Waals surface area (Å²) in [5.41, 5.74) is 8.33. The molecule has 1 heterocycles. The number of anilines is 1. The Morgan fingerprint density at radius 3 is 2.34 bits per heavy atom. The van der Waals surface area contributed by atoms with Gasteiger partial charge < -0.3 is 15.2 Å². The van der Waals surface area contributed by atoms with Gasteiger partial charge in [-0.05, 0) is 42.8 Å². The molecular formula is C22H20N4O3. The standard InChI is InChI=1S/C22H20N4O3/c1-13-4-7-15(8-5-13)26-21(25)16(20(24)17(12-23)22(26)27)10-14-6-9-18(28-2)19(11-14)29-3/h4-11,25H,24H2,1-3H3/b16-10+,25-21?. The number of aryl methyl sites for hydroxylation is 1. The molecule has 146 valence electrons. The zero-order chi connectivity index (χ0) is 21.1. The van der Waals surface area contributed by atoms with Gasteiger partial charge in [0.1, 0.15) is 17.5 Å². The third kappa shape index (κ3) is 3.56. The van der Waals surface area contributed by atoms with Gasteiger partial charge in [-0.15, -0.1) is 0 Å². The van der Waals surface area contributed by atoms with Crippen molar-refractivity contribution in [2.24, 2.45) is 5.73 Å². The first kappa shape index (κ1) is 19.7. The van der Waals surface area contributed by atoms with E-state index in [1.807, 2.05) is 25.1 Å². The van der Waals surface area contributed by atoms with Crippen LogP contribution in [0.1, 0.15) is 11.1 Å². The van der Waals surface area contributed by atoms with Gasteiger partial charge in [-0.25, -0.2) is 0 Å². The topological polar surface area (TPSA) is 112 Å². The Morgan fingerprint density at radius 1 is 1.10 bits per heavy atom. The number of benzene rings is 2. The van der Waals surface area contributed by atoms with Crippen molar-refractivity contribution in [1.82, 2.24) is 0 Å². The average Bonchev–Trinajstić information content (AvgIpc) is 2.72. The quantitative estimate of drug-likeness (QED) is 0.835. The Hall–Kier alpha value is -4.05. The van der Waals surface area contributed by atoms with Gasteiger partial charge in [0.2, 0.25) is 0 Å².